The van der Waals surface area contributed by atoms with E-state index < -0.39 is 0 Å². The van der Waals surface area contributed by atoms with Gasteiger partial charge in [0.2, 0.25) is 0 Å². The molecule has 4 heteroatoms. The minimum atomic E-state index is 0.151. The molecule has 2 aromatic carbocycles. The molecule has 32 heavy (non-hydrogen) atoms. The van der Waals surface area contributed by atoms with E-state index in [1.54, 1.807) is 5.56 Å². The van der Waals surface area contributed by atoms with Crippen LogP contribution < -0.4 is 0 Å². The lowest BCUT2D eigenvalue weighted by atomic mass is 9.70. The highest BCUT2D eigenvalue weighted by atomic mass is 16.5. The number of fused-ring (bicyclic) bond motifs is 1. The fraction of sp³-hybridized carbons (Fsp3) is 0.500. The lowest BCUT2D eigenvalue weighted by Crippen LogP contribution is -2.44. The molecule has 1 aliphatic carbocycles. The molecule has 5 rings (SSSR count). The van der Waals surface area contributed by atoms with Crippen LogP contribution in [0.25, 0.3) is 10.9 Å². The average Bonchev–Trinajstić information content (AvgIpc) is 3.22. The molecule has 0 amide bonds. The highest BCUT2D eigenvalue weighted by Gasteiger charge is 2.39. The zero-order valence-corrected chi connectivity index (χ0v) is 19.6. The molecule has 0 atom stereocenters. The zero-order chi connectivity index (χ0) is 22.0. The fourth-order valence-electron chi connectivity index (χ4n) is 6.06. The number of para-hydroxylation sites is 1. The molecular weight excluding hydrogens is 394 g/mol. The molecule has 0 unspecified atom stereocenters. The maximum absolute atomic E-state index is 5.55. The lowest BCUT2D eigenvalue weighted by molar-refractivity contribution is 0.0384. The summed E-state index contributed by atoms with van der Waals surface area (Å²) in [6, 6.07) is 20.0. The minimum absolute atomic E-state index is 0.151. The van der Waals surface area contributed by atoms with Gasteiger partial charge in [-0.1, -0.05) is 48.5 Å². The molecule has 1 N–H and O–H groups in total. The second kappa shape index (κ2) is 9.38. The van der Waals surface area contributed by atoms with Crippen molar-refractivity contribution in [2.24, 2.45) is 0 Å². The zero-order valence-electron chi connectivity index (χ0n) is 19.6. The first-order valence-electron chi connectivity index (χ1n) is 12.3. The monoisotopic (exact) mass is 431 g/mol. The van der Waals surface area contributed by atoms with Gasteiger partial charge in [-0.15, -0.1) is 0 Å². The van der Waals surface area contributed by atoms with Crippen LogP contribution in [-0.4, -0.2) is 61.7 Å². The van der Waals surface area contributed by atoms with Crippen molar-refractivity contribution >= 4 is 10.9 Å². The van der Waals surface area contributed by atoms with Gasteiger partial charge in [-0.05, 0) is 69.3 Å². The van der Waals surface area contributed by atoms with Gasteiger partial charge in [-0.2, -0.15) is 0 Å². The van der Waals surface area contributed by atoms with Crippen LogP contribution in [0, 0.1) is 0 Å². The number of ether oxygens (including phenoxy) is 1. The summed E-state index contributed by atoms with van der Waals surface area (Å²) in [5.41, 5.74) is 5.96. The average molecular weight is 432 g/mol. The first-order valence-corrected chi connectivity index (χ1v) is 12.3. The van der Waals surface area contributed by atoms with Gasteiger partial charge in [-0.25, -0.2) is 0 Å². The van der Waals surface area contributed by atoms with Gasteiger partial charge in [0, 0.05) is 41.8 Å². The van der Waals surface area contributed by atoms with Crippen molar-refractivity contribution in [3.05, 3.63) is 71.4 Å². The molecule has 2 fully saturated rings. The van der Waals surface area contributed by atoms with Gasteiger partial charge in [0.15, 0.2) is 0 Å². The van der Waals surface area contributed by atoms with Gasteiger partial charge in [0.05, 0.1) is 13.2 Å². The van der Waals surface area contributed by atoms with Crippen LogP contribution in [0.5, 0.6) is 0 Å². The van der Waals surface area contributed by atoms with E-state index in [0.717, 1.165) is 39.3 Å². The molecule has 170 valence electrons. The molecular formula is C28H37N3O. The van der Waals surface area contributed by atoms with Crippen LogP contribution in [0.3, 0.4) is 0 Å². The third kappa shape index (κ3) is 4.12. The maximum Gasteiger partial charge on any atom is 0.0594 e. The van der Waals surface area contributed by atoms with E-state index >= 15 is 0 Å². The Hall–Kier alpha value is -2.14. The summed E-state index contributed by atoms with van der Waals surface area (Å²) in [6.07, 6.45) is 5.97. The number of benzene rings is 2. The van der Waals surface area contributed by atoms with E-state index in [1.807, 2.05) is 0 Å². The Morgan fingerprint density at radius 1 is 0.969 bits per heavy atom. The molecule has 0 spiro atoms. The Morgan fingerprint density at radius 3 is 2.38 bits per heavy atom. The van der Waals surface area contributed by atoms with Crippen LogP contribution in [0.2, 0.25) is 0 Å². The Balaban J connectivity index is 1.39. The molecule has 2 aliphatic rings. The third-order valence-electron chi connectivity index (χ3n) is 8.02. The maximum atomic E-state index is 5.55. The summed E-state index contributed by atoms with van der Waals surface area (Å²) >= 11 is 0. The number of hydrogen-bond acceptors (Lipinski definition) is 3. The molecule has 0 radical (unpaired) electrons. The van der Waals surface area contributed by atoms with Crippen molar-refractivity contribution < 1.29 is 4.74 Å². The fourth-order valence-corrected chi connectivity index (χ4v) is 6.06. The topological polar surface area (TPSA) is 31.5 Å². The number of nitrogens with zero attached hydrogens (tertiary/aromatic N) is 2. The summed E-state index contributed by atoms with van der Waals surface area (Å²) < 4.78 is 5.55. The van der Waals surface area contributed by atoms with E-state index in [9.17, 15) is 0 Å². The summed E-state index contributed by atoms with van der Waals surface area (Å²) in [5, 5.41) is 1.42. The summed E-state index contributed by atoms with van der Waals surface area (Å²) in [7, 11) is 4.51. The summed E-state index contributed by atoms with van der Waals surface area (Å²) in [6.45, 7) is 4.98. The smallest absolute Gasteiger partial charge is 0.0594 e. The second-order valence-electron chi connectivity index (χ2n) is 9.83. The van der Waals surface area contributed by atoms with Crippen LogP contribution in [0.15, 0.2) is 54.6 Å². The van der Waals surface area contributed by atoms with Gasteiger partial charge in [-0.3, -0.25) is 9.80 Å². The molecule has 1 aromatic heterocycles. The third-order valence-corrected chi connectivity index (χ3v) is 8.02. The van der Waals surface area contributed by atoms with Crippen molar-refractivity contribution in [1.82, 2.24) is 14.8 Å². The number of nitrogens with one attached hydrogen (secondary N) is 1. The first-order chi connectivity index (χ1) is 15.7. The molecule has 2 heterocycles. The molecule has 1 aliphatic heterocycles. The Labute approximate surface area is 192 Å². The van der Waals surface area contributed by atoms with Crippen molar-refractivity contribution in [2.75, 3.05) is 46.9 Å². The van der Waals surface area contributed by atoms with Gasteiger partial charge < -0.3 is 9.72 Å². The standard InChI is InChI=1S/C28H37N3O/c1-30(2)28(23-8-4-3-5-9-23)15-12-22(13-16-28)27-25(14-17-31-18-20-32-21-19-31)24-10-6-7-11-26(24)29-27/h3-11,22,29H,12-21H2,1-2H3. The number of morpholine rings is 1. The van der Waals surface area contributed by atoms with Gasteiger partial charge >= 0.3 is 0 Å². The molecule has 1 saturated carbocycles. The van der Waals surface area contributed by atoms with Crippen molar-refractivity contribution in [3.63, 3.8) is 0 Å². The van der Waals surface area contributed by atoms with Crippen LogP contribution in [0.4, 0.5) is 0 Å². The van der Waals surface area contributed by atoms with Crippen molar-refractivity contribution in [3.8, 4) is 0 Å². The molecule has 1 saturated heterocycles. The predicted molar refractivity (Wildman–Crippen MR) is 132 cm³/mol. The van der Waals surface area contributed by atoms with Crippen LogP contribution in [-0.2, 0) is 16.7 Å². The number of aromatic nitrogens is 1. The largest absolute Gasteiger partial charge is 0.379 e. The van der Waals surface area contributed by atoms with Gasteiger partial charge in [0.1, 0.15) is 0 Å². The summed E-state index contributed by atoms with van der Waals surface area (Å²) in [5.74, 6) is 0.610. The van der Waals surface area contributed by atoms with E-state index in [-0.39, 0.29) is 5.54 Å². The van der Waals surface area contributed by atoms with Crippen molar-refractivity contribution in [2.45, 2.75) is 43.6 Å². The quantitative estimate of drug-likeness (QED) is 0.585. The van der Waals surface area contributed by atoms with E-state index in [1.165, 1.54) is 47.8 Å². The van der Waals surface area contributed by atoms with Crippen molar-refractivity contribution in [1.29, 1.82) is 0 Å². The normalized spacial score (nSPS) is 24.9. The van der Waals surface area contributed by atoms with Gasteiger partial charge in [0.25, 0.3) is 0 Å². The molecule has 0 bridgehead atoms. The van der Waals surface area contributed by atoms with E-state index in [4.69, 9.17) is 4.74 Å². The Morgan fingerprint density at radius 2 is 1.66 bits per heavy atom. The SMILES string of the molecule is CN(C)C1(c2ccccc2)CCC(c2[nH]c3ccccc3c2CCN2CCOCC2)CC1. The minimum Gasteiger partial charge on any atom is -0.379 e. The van der Waals surface area contributed by atoms with Crippen LogP contribution in [0.1, 0.15) is 48.4 Å². The number of rotatable bonds is 6. The van der Waals surface area contributed by atoms with Crippen LogP contribution >= 0.6 is 0 Å². The highest BCUT2D eigenvalue weighted by molar-refractivity contribution is 5.85. The molecule has 3 aromatic rings. The lowest BCUT2D eigenvalue weighted by Gasteiger charge is -2.45. The number of hydrogen-bond donors (Lipinski definition) is 1. The predicted octanol–water partition coefficient (Wildman–Crippen LogP) is 5.16. The first kappa shape index (κ1) is 21.7. The molecule has 4 nitrogen and oxygen atoms in total. The Kier molecular flexibility index (Phi) is 6.36. The summed E-state index contributed by atoms with van der Waals surface area (Å²) in [4.78, 5) is 8.88. The number of H-pyrrole nitrogens is 1. The number of aromatic amines is 1. The second-order valence-corrected chi connectivity index (χ2v) is 9.83. The Bertz CT molecular complexity index is 1010. The van der Waals surface area contributed by atoms with E-state index in [2.05, 4.69) is 83.5 Å². The van der Waals surface area contributed by atoms with E-state index in [0.29, 0.717) is 5.92 Å². The highest BCUT2D eigenvalue weighted by Crippen LogP contribution is 2.47.